The number of halogens is 2. The van der Waals surface area contributed by atoms with Crippen LogP contribution in [0.15, 0.2) is 36.4 Å². The molecule has 1 amide bonds. The van der Waals surface area contributed by atoms with Crippen LogP contribution in [-0.2, 0) is 11.2 Å². The average molecular weight is 499 g/mol. The summed E-state index contributed by atoms with van der Waals surface area (Å²) in [7, 11) is 0. The lowest BCUT2D eigenvalue weighted by Gasteiger charge is -2.49. The van der Waals surface area contributed by atoms with Crippen LogP contribution in [0, 0.1) is 23.5 Å². The number of hydrogen-bond donors (Lipinski definition) is 1. The summed E-state index contributed by atoms with van der Waals surface area (Å²) in [5.41, 5.74) is 1.12. The van der Waals surface area contributed by atoms with E-state index in [2.05, 4.69) is 26.1 Å². The second-order valence-corrected chi connectivity index (χ2v) is 11.0. The van der Waals surface area contributed by atoms with Gasteiger partial charge in [-0.05, 0) is 93.8 Å². The molecule has 2 aromatic carbocycles. The van der Waals surface area contributed by atoms with Gasteiger partial charge >= 0.3 is 0 Å². The minimum Gasteiger partial charge on any atom is -0.454 e. The predicted molar refractivity (Wildman–Crippen MR) is 134 cm³/mol. The predicted octanol–water partition coefficient (Wildman–Crippen LogP) is 5.72. The zero-order chi connectivity index (χ0) is 25.4. The maximum absolute atomic E-state index is 14.2. The Kier molecular flexibility index (Phi) is 7.05. The van der Waals surface area contributed by atoms with Crippen molar-refractivity contribution in [1.82, 2.24) is 10.2 Å². The fourth-order valence-electron chi connectivity index (χ4n) is 6.15. The molecule has 2 aliphatic heterocycles. The molecule has 1 N–H and O–H groups in total. The van der Waals surface area contributed by atoms with Gasteiger partial charge in [-0.1, -0.05) is 19.9 Å². The highest BCUT2D eigenvalue weighted by molar-refractivity contribution is 5.97. The Hall–Kier alpha value is -2.51. The molecule has 5 nitrogen and oxygen atoms in total. The maximum Gasteiger partial charge on any atom is 0.254 e. The van der Waals surface area contributed by atoms with E-state index in [-0.39, 0.29) is 29.7 Å². The van der Waals surface area contributed by atoms with Crippen LogP contribution < -0.4 is 10.1 Å². The molecular weight excluding hydrogens is 462 g/mol. The Morgan fingerprint density at radius 1 is 1.06 bits per heavy atom. The number of carbonyl (C=O) groups excluding carboxylic acids is 1. The van der Waals surface area contributed by atoms with E-state index < -0.39 is 17.2 Å². The van der Waals surface area contributed by atoms with Crippen molar-refractivity contribution in [3.05, 3.63) is 59.2 Å². The molecule has 2 atom stereocenters. The largest absolute Gasteiger partial charge is 0.454 e. The molecule has 2 heterocycles. The van der Waals surface area contributed by atoms with Crippen molar-refractivity contribution in [2.24, 2.45) is 11.8 Å². The summed E-state index contributed by atoms with van der Waals surface area (Å²) in [6.07, 6.45) is 5.18. The van der Waals surface area contributed by atoms with E-state index >= 15 is 0 Å². The molecule has 0 aromatic heterocycles. The van der Waals surface area contributed by atoms with Gasteiger partial charge in [-0.15, -0.1) is 0 Å². The molecule has 2 aromatic rings. The molecule has 194 valence electrons. The van der Waals surface area contributed by atoms with E-state index in [4.69, 9.17) is 9.47 Å². The summed E-state index contributed by atoms with van der Waals surface area (Å²) in [5, 5.41) is 3.41. The van der Waals surface area contributed by atoms with Crippen molar-refractivity contribution in [2.45, 2.75) is 70.6 Å². The summed E-state index contributed by atoms with van der Waals surface area (Å²) in [5.74, 6) is -0.543. The number of fused-ring (bicyclic) bond motifs is 1. The van der Waals surface area contributed by atoms with Gasteiger partial charge < -0.3 is 19.7 Å². The van der Waals surface area contributed by atoms with Crippen molar-refractivity contribution in [3.8, 4) is 11.5 Å². The Labute approximate surface area is 212 Å². The topological polar surface area (TPSA) is 50.8 Å². The second-order valence-electron chi connectivity index (χ2n) is 11.0. The summed E-state index contributed by atoms with van der Waals surface area (Å²) in [4.78, 5) is 16.0. The van der Waals surface area contributed by atoms with Gasteiger partial charge in [-0.3, -0.25) is 4.79 Å². The number of carbonyl (C=O) groups is 1. The van der Waals surface area contributed by atoms with Crippen LogP contribution in [0.1, 0.15) is 62.4 Å². The molecule has 1 aliphatic carbocycles. The number of amides is 1. The van der Waals surface area contributed by atoms with Crippen molar-refractivity contribution >= 4 is 5.91 Å². The van der Waals surface area contributed by atoms with E-state index in [1.54, 1.807) is 12.1 Å². The van der Waals surface area contributed by atoms with Crippen molar-refractivity contribution in [3.63, 3.8) is 0 Å². The Bertz CT molecular complexity index is 1110. The fraction of sp³-hybridized carbons (Fsp3) is 0.552. The molecule has 7 heteroatoms. The third-order valence-electron chi connectivity index (χ3n) is 7.97. The third kappa shape index (κ3) is 5.00. The molecular formula is C29H36F2N2O3. The Balaban J connectivity index is 1.42. The summed E-state index contributed by atoms with van der Waals surface area (Å²) >= 11 is 0. The number of hydrogen-bond acceptors (Lipinski definition) is 4. The standard InChI is InChI=1S/C29H36F2N2O3/c1-18(2)27(29(3,20-5-6-20)36-22-10-13-32-14-11-22)33-15-12-19-4-8-23(17-24(19)28(33)34)35-26-9-7-21(30)16-25(26)31/h4,7-9,16-18,20,22,27,32H,5-6,10-15H2,1-3H3. The highest BCUT2D eigenvalue weighted by Crippen LogP contribution is 2.48. The van der Waals surface area contributed by atoms with Crippen LogP contribution in [0.4, 0.5) is 8.78 Å². The van der Waals surface area contributed by atoms with Gasteiger partial charge in [-0.2, -0.15) is 0 Å². The van der Waals surface area contributed by atoms with E-state index in [0.29, 0.717) is 23.8 Å². The van der Waals surface area contributed by atoms with Crippen LogP contribution >= 0.6 is 0 Å². The molecule has 5 rings (SSSR count). The van der Waals surface area contributed by atoms with Gasteiger partial charge in [0, 0.05) is 18.2 Å². The fourth-order valence-corrected chi connectivity index (χ4v) is 6.15. The first-order valence-corrected chi connectivity index (χ1v) is 13.2. The van der Waals surface area contributed by atoms with Crippen LogP contribution in [0.2, 0.25) is 0 Å². The minimum absolute atomic E-state index is 0.0410. The Morgan fingerprint density at radius 3 is 2.47 bits per heavy atom. The van der Waals surface area contributed by atoms with Gasteiger partial charge in [0.1, 0.15) is 11.6 Å². The summed E-state index contributed by atoms with van der Waals surface area (Å²) in [6, 6.07) is 8.43. The van der Waals surface area contributed by atoms with Crippen molar-refractivity contribution in [1.29, 1.82) is 0 Å². The molecule has 36 heavy (non-hydrogen) atoms. The lowest BCUT2D eigenvalue weighted by atomic mass is 9.80. The lowest BCUT2D eigenvalue weighted by molar-refractivity contribution is -0.151. The first-order valence-electron chi connectivity index (χ1n) is 13.2. The van der Waals surface area contributed by atoms with Crippen LogP contribution in [-0.4, -0.2) is 48.2 Å². The quantitative estimate of drug-likeness (QED) is 0.506. The number of rotatable bonds is 8. The second kappa shape index (κ2) is 10.1. The molecule has 2 fully saturated rings. The lowest BCUT2D eigenvalue weighted by Crippen LogP contribution is -2.61. The molecule has 0 spiro atoms. The van der Waals surface area contributed by atoms with Crippen LogP contribution in [0.3, 0.4) is 0 Å². The molecule has 1 saturated heterocycles. The van der Waals surface area contributed by atoms with Crippen LogP contribution in [0.5, 0.6) is 11.5 Å². The summed E-state index contributed by atoms with van der Waals surface area (Å²) in [6.45, 7) is 9.14. The molecule has 1 saturated carbocycles. The number of piperidine rings is 1. The number of ether oxygens (including phenoxy) is 2. The monoisotopic (exact) mass is 498 g/mol. The van der Waals surface area contributed by atoms with Gasteiger partial charge in [-0.25, -0.2) is 8.78 Å². The van der Waals surface area contributed by atoms with Crippen molar-refractivity contribution < 1.29 is 23.0 Å². The number of benzene rings is 2. The van der Waals surface area contributed by atoms with E-state index in [1.165, 1.54) is 6.07 Å². The van der Waals surface area contributed by atoms with Crippen LogP contribution in [0.25, 0.3) is 0 Å². The maximum atomic E-state index is 14.2. The average Bonchev–Trinajstić information content (AvgIpc) is 3.70. The first-order chi connectivity index (χ1) is 17.3. The van der Waals surface area contributed by atoms with Gasteiger partial charge in [0.25, 0.3) is 5.91 Å². The van der Waals surface area contributed by atoms with Crippen molar-refractivity contribution in [2.75, 3.05) is 19.6 Å². The number of nitrogens with one attached hydrogen (secondary N) is 1. The zero-order valence-electron chi connectivity index (χ0n) is 21.4. The van der Waals surface area contributed by atoms with Gasteiger partial charge in [0.15, 0.2) is 11.6 Å². The molecule has 2 unspecified atom stereocenters. The first kappa shape index (κ1) is 25.2. The zero-order valence-corrected chi connectivity index (χ0v) is 21.4. The van der Waals surface area contributed by atoms with Gasteiger partial charge in [0.2, 0.25) is 0 Å². The summed E-state index contributed by atoms with van der Waals surface area (Å²) < 4.78 is 40.1. The number of nitrogens with zero attached hydrogens (tertiary/aromatic N) is 1. The minimum atomic E-state index is -0.782. The molecule has 0 radical (unpaired) electrons. The normalized spacial score (nSPS) is 21.3. The SMILES string of the molecule is CC(C)C(N1CCc2ccc(Oc3ccc(F)cc3F)cc2C1=O)C(C)(OC1CCNCC1)C1CC1. The molecule has 3 aliphatic rings. The van der Waals surface area contributed by atoms with E-state index in [0.717, 1.165) is 62.9 Å². The van der Waals surface area contributed by atoms with Gasteiger partial charge in [0.05, 0.1) is 17.7 Å². The highest BCUT2D eigenvalue weighted by Gasteiger charge is 2.53. The third-order valence-corrected chi connectivity index (χ3v) is 7.97. The highest BCUT2D eigenvalue weighted by atomic mass is 19.1. The Morgan fingerprint density at radius 2 is 1.81 bits per heavy atom. The van der Waals surface area contributed by atoms with E-state index in [1.807, 2.05) is 11.0 Å². The smallest absolute Gasteiger partial charge is 0.254 e. The molecule has 0 bridgehead atoms. The van der Waals surface area contributed by atoms with E-state index in [9.17, 15) is 13.6 Å².